The maximum absolute atomic E-state index is 11.9. The van der Waals surface area contributed by atoms with E-state index in [1.54, 1.807) is 0 Å². The fourth-order valence-electron chi connectivity index (χ4n) is 2.28. The van der Waals surface area contributed by atoms with Crippen molar-refractivity contribution >= 4 is 28.3 Å². The molecule has 2 amide bonds. The molecular weight excluding hydrogens is 276 g/mol. The standard InChI is InChI=1S/C13H20N4O2S/c1-13(2,3)17-7-8(4-10(17)18)5-15-11(19)9-6-16-12(14)20-9/h6,8H,4-5,7H2,1-3H3,(H2,14,16)(H,15,19). The van der Waals surface area contributed by atoms with Gasteiger partial charge >= 0.3 is 0 Å². The number of carbonyl (C=O) groups excluding carboxylic acids is 2. The van der Waals surface area contributed by atoms with Gasteiger partial charge in [0.25, 0.3) is 5.91 Å². The van der Waals surface area contributed by atoms with Crippen LogP contribution in [-0.2, 0) is 4.79 Å². The lowest BCUT2D eigenvalue weighted by Gasteiger charge is -2.32. The van der Waals surface area contributed by atoms with Crippen molar-refractivity contribution in [2.75, 3.05) is 18.8 Å². The predicted molar refractivity (Wildman–Crippen MR) is 78.4 cm³/mol. The minimum atomic E-state index is -0.180. The van der Waals surface area contributed by atoms with Gasteiger partial charge in [0.1, 0.15) is 4.88 Å². The van der Waals surface area contributed by atoms with Gasteiger partial charge in [0.2, 0.25) is 5.91 Å². The molecule has 1 aliphatic heterocycles. The summed E-state index contributed by atoms with van der Waals surface area (Å²) in [7, 11) is 0. The third-order valence-electron chi connectivity index (χ3n) is 3.31. The van der Waals surface area contributed by atoms with Gasteiger partial charge in [-0.15, -0.1) is 0 Å². The van der Waals surface area contributed by atoms with Crippen molar-refractivity contribution in [2.24, 2.45) is 5.92 Å². The van der Waals surface area contributed by atoms with E-state index in [0.717, 1.165) is 11.3 Å². The Labute approximate surface area is 122 Å². The topological polar surface area (TPSA) is 88.3 Å². The van der Waals surface area contributed by atoms with Gasteiger partial charge in [-0.3, -0.25) is 9.59 Å². The van der Waals surface area contributed by atoms with Gasteiger partial charge in [-0.25, -0.2) is 4.98 Å². The monoisotopic (exact) mass is 296 g/mol. The maximum atomic E-state index is 11.9. The average molecular weight is 296 g/mol. The molecule has 3 N–H and O–H groups in total. The largest absolute Gasteiger partial charge is 0.375 e. The van der Waals surface area contributed by atoms with Crippen molar-refractivity contribution in [1.29, 1.82) is 0 Å². The van der Waals surface area contributed by atoms with E-state index in [0.29, 0.717) is 29.5 Å². The first-order valence-electron chi connectivity index (χ1n) is 6.57. The van der Waals surface area contributed by atoms with Crippen molar-refractivity contribution in [3.05, 3.63) is 11.1 Å². The highest BCUT2D eigenvalue weighted by molar-refractivity contribution is 7.17. The number of amides is 2. The van der Waals surface area contributed by atoms with Gasteiger partial charge in [-0.1, -0.05) is 11.3 Å². The zero-order valence-electron chi connectivity index (χ0n) is 12.0. The number of nitrogens with two attached hydrogens (primary N) is 1. The predicted octanol–water partition coefficient (Wildman–Crippen LogP) is 1.10. The molecule has 7 heteroatoms. The zero-order chi connectivity index (χ0) is 14.9. The van der Waals surface area contributed by atoms with Crippen LogP contribution in [0.1, 0.15) is 36.9 Å². The van der Waals surface area contributed by atoms with Gasteiger partial charge in [0.15, 0.2) is 5.13 Å². The first-order chi connectivity index (χ1) is 9.27. The molecule has 110 valence electrons. The molecule has 1 unspecified atom stereocenters. The molecule has 6 nitrogen and oxygen atoms in total. The van der Waals surface area contributed by atoms with Crippen LogP contribution in [0, 0.1) is 5.92 Å². The van der Waals surface area contributed by atoms with E-state index in [4.69, 9.17) is 5.73 Å². The van der Waals surface area contributed by atoms with Crippen LogP contribution in [0.15, 0.2) is 6.20 Å². The van der Waals surface area contributed by atoms with Crippen molar-refractivity contribution in [3.63, 3.8) is 0 Å². The number of aromatic nitrogens is 1. The first-order valence-corrected chi connectivity index (χ1v) is 7.39. The highest BCUT2D eigenvalue weighted by Gasteiger charge is 2.36. The number of hydrogen-bond acceptors (Lipinski definition) is 5. The molecule has 1 aliphatic rings. The Kier molecular flexibility index (Phi) is 3.99. The highest BCUT2D eigenvalue weighted by atomic mass is 32.1. The van der Waals surface area contributed by atoms with Crippen LogP contribution in [0.25, 0.3) is 0 Å². The van der Waals surface area contributed by atoms with E-state index in [2.05, 4.69) is 10.3 Å². The van der Waals surface area contributed by atoms with Gasteiger partial charge in [-0.05, 0) is 20.8 Å². The normalized spacial score (nSPS) is 19.4. The van der Waals surface area contributed by atoms with Crippen LogP contribution < -0.4 is 11.1 Å². The molecule has 1 aromatic heterocycles. The number of rotatable bonds is 3. The van der Waals surface area contributed by atoms with E-state index in [1.807, 2.05) is 25.7 Å². The van der Waals surface area contributed by atoms with Crippen molar-refractivity contribution in [3.8, 4) is 0 Å². The van der Waals surface area contributed by atoms with Crippen molar-refractivity contribution in [1.82, 2.24) is 15.2 Å². The molecule has 0 aliphatic carbocycles. The number of carbonyl (C=O) groups is 2. The van der Waals surface area contributed by atoms with E-state index < -0.39 is 0 Å². The third kappa shape index (κ3) is 3.27. The third-order valence-corrected chi connectivity index (χ3v) is 4.14. The van der Waals surface area contributed by atoms with E-state index in [-0.39, 0.29) is 23.3 Å². The van der Waals surface area contributed by atoms with Crippen LogP contribution in [0.3, 0.4) is 0 Å². The van der Waals surface area contributed by atoms with Crippen LogP contribution in [0.4, 0.5) is 5.13 Å². The summed E-state index contributed by atoms with van der Waals surface area (Å²) >= 11 is 1.16. The molecule has 20 heavy (non-hydrogen) atoms. The van der Waals surface area contributed by atoms with E-state index in [9.17, 15) is 9.59 Å². The fourth-order valence-corrected chi connectivity index (χ4v) is 2.88. The summed E-state index contributed by atoms with van der Waals surface area (Å²) in [6, 6.07) is 0. The SMILES string of the molecule is CC(C)(C)N1CC(CNC(=O)c2cnc(N)s2)CC1=O. The number of nitrogens with zero attached hydrogens (tertiary/aromatic N) is 2. The van der Waals surface area contributed by atoms with Crippen LogP contribution in [0.5, 0.6) is 0 Å². The number of likely N-dealkylation sites (tertiary alicyclic amines) is 1. The van der Waals surface area contributed by atoms with Gasteiger partial charge in [0.05, 0.1) is 6.20 Å². The minimum Gasteiger partial charge on any atom is -0.375 e. The van der Waals surface area contributed by atoms with Gasteiger partial charge in [0, 0.05) is 31.0 Å². The molecule has 2 heterocycles. The van der Waals surface area contributed by atoms with E-state index >= 15 is 0 Å². The molecule has 1 saturated heterocycles. The second kappa shape index (κ2) is 5.40. The second-order valence-electron chi connectivity index (χ2n) is 6.02. The Balaban J connectivity index is 1.87. The first kappa shape index (κ1) is 14.8. The Morgan fingerprint density at radius 1 is 1.60 bits per heavy atom. The number of nitrogen functional groups attached to an aromatic ring is 1. The Morgan fingerprint density at radius 3 is 2.80 bits per heavy atom. The molecular formula is C13H20N4O2S. The smallest absolute Gasteiger partial charge is 0.263 e. The molecule has 0 bridgehead atoms. The number of thiazole rings is 1. The van der Waals surface area contributed by atoms with Crippen molar-refractivity contribution < 1.29 is 9.59 Å². The summed E-state index contributed by atoms with van der Waals surface area (Å²) in [6.45, 7) is 7.24. The number of nitrogens with one attached hydrogen (secondary N) is 1. The van der Waals surface area contributed by atoms with Gasteiger partial charge < -0.3 is 16.0 Å². The number of hydrogen-bond donors (Lipinski definition) is 2. The average Bonchev–Trinajstić information content (AvgIpc) is 2.91. The van der Waals surface area contributed by atoms with Crippen LogP contribution in [0.2, 0.25) is 0 Å². The summed E-state index contributed by atoms with van der Waals surface area (Å²) in [5, 5.41) is 3.22. The van der Waals surface area contributed by atoms with Crippen LogP contribution in [-0.4, -0.2) is 40.3 Å². The quantitative estimate of drug-likeness (QED) is 0.874. The lowest BCUT2D eigenvalue weighted by molar-refractivity contribution is -0.131. The Hall–Kier alpha value is -1.63. The fraction of sp³-hybridized carbons (Fsp3) is 0.615. The molecule has 2 rings (SSSR count). The second-order valence-corrected chi connectivity index (χ2v) is 7.08. The summed E-state index contributed by atoms with van der Waals surface area (Å²) in [5.41, 5.74) is 5.33. The Bertz CT molecular complexity index is 521. The minimum absolute atomic E-state index is 0.152. The van der Waals surface area contributed by atoms with Crippen LogP contribution >= 0.6 is 11.3 Å². The lowest BCUT2D eigenvalue weighted by atomic mass is 10.1. The molecule has 0 saturated carbocycles. The maximum Gasteiger partial charge on any atom is 0.263 e. The molecule has 1 fully saturated rings. The van der Waals surface area contributed by atoms with Gasteiger partial charge in [-0.2, -0.15) is 0 Å². The molecule has 1 aromatic rings. The summed E-state index contributed by atoms with van der Waals surface area (Å²) in [4.78, 5) is 30.0. The molecule has 0 radical (unpaired) electrons. The lowest BCUT2D eigenvalue weighted by Crippen LogP contribution is -2.42. The molecule has 0 spiro atoms. The summed E-state index contributed by atoms with van der Waals surface area (Å²) in [6.07, 6.45) is 1.96. The van der Waals surface area contributed by atoms with E-state index in [1.165, 1.54) is 6.20 Å². The van der Waals surface area contributed by atoms with Crippen molar-refractivity contribution in [2.45, 2.75) is 32.7 Å². The highest BCUT2D eigenvalue weighted by Crippen LogP contribution is 2.25. The molecule has 0 aromatic carbocycles. The summed E-state index contributed by atoms with van der Waals surface area (Å²) in [5.74, 6) is 0.135. The number of anilines is 1. The Morgan fingerprint density at radius 2 is 2.30 bits per heavy atom. The molecule has 1 atom stereocenters. The zero-order valence-corrected chi connectivity index (χ0v) is 12.8. The summed E-state index contributed by atoms with van der Waals surface area (Å²) < 4.78 is 0.